The van der Waals surface area contributed by atoms with Gasteiger partial charge in [0, 0.05) is 18.0 Å². The van der Waals surface area contributed by atoms with Gasteiger partial charge in [0.25, 0.3) is 5.91 Å². The Bertz CT molecular complexity index is 853. The molecule has 1 aromatic carbocycles. The summed E-state index contributed by atoms with van der Waals surface area (Å²) in [6.07, 6.45) is 0. The summed E-state index contributed by atoms with van der Waals surface area (Å²) in [7, 11) is 0. The second kappa shape index (κ2) is 7.37. The average Bonchev–Trinajstić information content (AvgIpc) is 2.98. The Morgan fingerprint density at radius 1 is 1.21 bits per heavy atom. The minimum Gasteiger partial charge on any atom is -0.366 e. The number of carbonyl (C=O) groups is 1. The van der Waals surface area contributed by atoms with Crippen LogP contribution in [0.3, 0.4) is 0 Å². The number of hydrogen-bond acceptors (Lipinski definition) is 6. The van der Waals surface area contributed by atoms with E-state index in [2.05, 4.69) is 25.6 Å². The summed E-state index contributed by atoms with van der Waals surface area (Å²) in [5.41, 5.74) is 2.12. The Kier molecular flexibility index (Phi) is 5.02. The fourth-order valence-electron chi connectivity index (χ4n) is 1.99. The minimum atomic E-state index is -0.378. The molecular formula is C16H14ClN5OS. The van der Waals surface area contributed by atoms with Crippen LogP contribution in [0.5, 0.6) is 0 Å². The number of aryl methyl sites for hydroxylation is 1. The SMILES string of the molecule is Cc1csc(NC(=O)c2cc(NCc3ccccc3)nc(Cl)n2)n1. The largest absolute Gasteiger partial charge is 0.366 e. The van der Waals surface area contributed by atoms with Crippen molar-refractivity contribution in [1.82, 2.24) is 15.0 Å². The van der Waals surface area contributed by atoms with E-state index in [-0.39, 0.29) is 16.9 Å². The first-order chi connectivity index (χ1) is 11.6. The van der Waals surface area contributed by atoms with E-state index in [0.29, 0.717) is 17.5 Å². The zero-order valence-corrected chi connectivity index (χ0v) is 14.4. The molecule has 2 N–H and O–H groups in total. The summed E-state index contributed by atoms with van der Waals surface area (Å²) in [5, 5.41) is 8.22. The van der Waals surface area contributed by atoms with Gasteiger partial charge in [-0.3, -0.25) is 10.1 Å². The predicted molar refractivity (Wildman–Crippen MR) is 95.6 cm³/mol. The number of rotatable bonds is 5. The summed E-state index contributed by atoms with van der Waals surface area (Å²) in [4.78, 5) is 24.5. The van der Waals surface area contributed by atoms with Crippen molar-refractivity contribution in [2.75, 3.05) is 10.6 Å². The molecular weight excluding hydrogens is 346 g/mol. The molecule has 0 fully saturated rings. The topological polar surface area (TPSA) is 79.8 Å². The lowest BCUT2D eigenvalue weighted by atomic mass is 10.2. The standard InChI is InChI=1S/C16H14ClN5OS/c1-10-9-24-16(19-10)22-14(23)12-7-13(21-15(17)20-12)18-8-11-5-3-2-4-6-11/h2-7,9H,8H2,1H3,(H,18,20,21)(H,19,22,23). The minimum absolute atomic E-state index is 0.00790. The maximum Gasteiger partial charge on any atom is 0.276 e. The molecule has 0 aliphatic rings. The fraction of sp³-hybridized carbons (Fsp3) is 0.125. The molecule has 0 aliphatic heterocycles. The maximum atomic E-state index is 12.3. The normalized spacial score (nSPS) is 10.4. The molecule has 0 saturated heterocycles. The fourth-order valence-corrected chi connectivity index (χ4v) is 2.85. The second-order valence-corrected chi connectivity index (χ2v) is 6.19. The molecule has 3 aromatic rings. The van der Waals surface area contributed by atoms with E-state index in [1.54, 1.807) is 6.07 Å². The van der Waals surface area contributed by atoms with Crippen LogP contribution in [-0.2, 0) is 6.54 Å². The summed E-state index contributed by atoms with van der Waals surface area (Å²) in [6, 6.07) is 11.4. The molecule has 2 heterocycles. The predicted octanol–water partition coefficient (Wildman–Crippen LogP) is 3.76. The molecule has 6 nitrogen and oxygen atoms in total. The maximum absolute atomic E-state index is 12.3. The molecule has 0 saturated carbocycles. The zero-order valence-electron chi connectivity index (χ0n) is 12.8. The number of thiazole rings is 1. The van der Waals surface area contributed by atoms with Crippen LogP contribution in [0.4, 0.5) is 10.9 Å². The number of nitrogens with one attached hydrogen (secondary N) is 2. The molecule has 0 spiro atoms. The van der Waals surface area contributed by atoms with Gasteiger partial charge in [0.15, 0.2) is 5.13 Å². The van der Waals surface area contributed by atoms with E-state index in [1.165, 1.54) is 11.3 Å². The molecule has 8 heteroatoms. The third-order valence-electron chi connectivity index (χ3n) is 3.09. The lowest BCUT2D eigenvalue weighted by molar-refractivity contribution is 0.102. The quantitative estimate of drug-likeness (QED) is 0.678. The Morgan fingerprint density at radius 2 is 2.00 bits per heavy atom. The summed E-state index contributed by atoms with van der Waals surface area (Å²) in [5.74, 6) is 0.107. The van der Waals surface area contributed by atoms with Crippen LogP contribution in [0.1, 0.15) is 21.7 Å². The number of halogens is 1. The van der Waals surface area contributed by atoms with Crippen molar-refractivity contribution in [3.05, 3.63) is 64.0 Å². The zero-order chi connectivity index (χ0) is 16.9. The first kappa shape index (κ1) is 16.4. The van der Waals surface area contributed by atoms with Crippen molar-refractivity contribution in [3.8, 4) is 0 Å². The molecule has 0 bridgehead atoms. The Morgan fingerprint density at radius 3 is 2.71 bits per heavy atom. The van der Waals surface area contributed by atoms with Crippen LogP contribution in [-0.4, -0.2) is 20.9 Å². The lowest BCUT2D eigenvalue weighted by Crippen LogP contribution is -2.15. The highest BCUT2D eigenvalue weighted by Gasteiger charge is 2.13. The first-order valence-electron chi connectivity index (χ1n) is 7.16. The molecule has 122 valence electrons. The van der Waals surface area contributed by atoms with Crippen molar-refractivity contribution in [3.63, 3.8) is 0 Å². The van der Waals surface area contributed by atoms with Gasteiger partial charge in [-0.25, -0.2) is 15.0 Å². The molecule has 0 atom stereocenters. The summed E-state index contributed by atoms with van der Waals surface area (Å²) in [6.45, 7) is 2.43. The van der Waals surface area contributed by atoms with Gasteiger partial charge >= 0.3 is 0 Å². The lowest BCUT2D eigenvalue weighted by Gasteiger charge is -2.08. The van der Waals surface area contributed by atoms with Crippen LogP contribution < -0.4 is 10.6 Å². The molecule has 0 unspecified atom stereocenters. The molecule has 0 aliphatic carbocycles. The van der Waals surface area contributed by atoms with Crippen LogP contribution in [0.25, 0.3) is 0 Å². The summed E-state index contributed by atoms with van der Waals surface area (Å²) >= 11 is 7.28. The van der Waals surface area contributed by atoms with E-state index < -0.39 is 0 Å². The van der Waals surface area contributed by atoms with Crippen LogP contribution in [0, 0.1) is 6.92 Å². The number of amides is 1. The van der Waals surface area contributed by atoms with Crippen LogP contribution >= 0.6 is 22.9 Å². The molecule has 3 rings (SSSR count). The molecule has 1 amide bonds. The molecule has 24 heavy (non-hydrogen) atoms. The van der Waals surface area contributed by atoms with Gasteiger partial charge in [-0.2, -0.15) is 0 Å². The van der Waals surface area contributed by atoms with E-state index in [9.17, 15) is 4.79 Å². The molecule has 0 radical (unpaired) electrons. The number of aromatic nitrogens is 3. The summed E-state index contributed by atoms with van der Waals surface area (Å²) < 4.78 is 0. The Hall–Kier alpha value is -2.51. The van der Waals surface area contributed by atoms with Gasteiger partial charge in [-0.05, 0) is 24.1 Å². The van der Waals surface area contributed by atoms with Gasteiger partial charge in [0.2, 0.25) is 5.28 Å². The Labute approximate surface area is 148 Å². The monoisotopic (exact) mass is 359 g/mol. The van der Waals surface area contributed by atoms with E-state index in [1.807, 2.05) is 42.6 Å². The number of hydrogen-bond donors (Lipinski definition) is 2. The second-order valence-electron chi connectivity index (χ2n) is 4.99. The van der Waals surface area contributed by atoms with Crippen LogP contribution in [0.2, 0.25) is 5.28 Å². The highest BCUT2D eigenvalue weighted by atomic mass is 35.5. The Balaban J connectivity index is 1.72. The number of anilines is 2. The average molecular weight is 360 g/mol. The van der Waals surface area contributed by atoms with Gasteiger partial charge < -0.3 is 5.32 Å². The van der Waals surface area contributed by atoms with Gasteiger partial charge in [0.05, 0.1) is 5.69 Å². The first-order valence-corrected chi connectivity index (χ1v) is 8.42. The number of benzene rings is 1. The third-order valence-corrected chi connectivity index (χ3v) is 4.13. The smallest absolute Gasteiger partial charge is 0.276 e. The van der Waals surface area contributed by atoms with Gasteiger partial charge in [-0.15, -0.1) is 11.3 Å². The van der Waals surface area contributed by atoms with E-state index >= 15 is 0 Å². The highest BCUT2D eigenvalue weighted by Crippen LogP contribution is 2.17. The highest BCUT2D eigenvalue weighted by molar-refractivity contribution is 7.13. The number of nitrogens with zero attached hydrogens (tertiary/aromatic N) is 3. The van der Waals surface area contributed by atoms with Gasteiger partial charge in [0.1, 0.15) is 11.5 Å². The van der Waals surface area contributed by atoms with Crippen molar-refractivity contribution in [1.29, 1.82) is 0 Å². The molecule has 2 aromatic heterocycles. The number of carbonyl (C=O) groups excluding carboxylic acids is 1. The van der Waals surface area contributed by atoms with E-state index in [4.69, 9.17) is 11.6 Å². The van der Waals surface area contributed by atoms with Crippen molar-refractivity contribution in [2.24, 2.45) is 0 Å². The van der Waals surface area contributed by atoms with E-state index in [0.717, 1.165) is 11.3 Å². The third kappa shape index (κ3) is 4.27. The van der Waals surface area contributed by atoms with Crippen molar-refractivity contribution < 1.29 is 4.79 Å². The van der Waals surface area contributed by atoms with Crippen molar-refractivity contribution >= 4 is 39.8 Å². The van der Waals surface area contributed by atoms with Crippen LogP contribution in [0.15, 0.2) is 41.8 Å². The van der Waals surface area contributed by atoms with Crippen molar-refractivity contribution in [2.45, 2.75) is 13.5 Å². The van der Waals surface area contributed by atoms with Gasteiger partial charge in [-0.1, -0.05) is 30.3 Å².